The Morgan fingerprint density at radius 1 is 1.21 bits per heavy atom. The predicted octanol–water partition coefficient (Wildman–Crippen LogP) is 3.14. The summed E-state index contributed by atoms with van der Waals surface area (Å²) in [6.07, 6.45) is 0. The number of benzene rings is 1. The molecule has 0 fully saturated rings. The highest BCUT2D eigenvalue weighted by Gasteiger charge is 2.31. The highest BCUT2D eigenvalue weighted by atomic mass is 32.2. The summed E-state index contributed by atoms with van der Waals surface area (Å²) in [5, 5.41) is 12.0. The summed E-state index contributed by atoms with van der Waals surface area (Å²) in [4.78, 5) is 12.3. The van der Waals surface area contributed by atoms with Gasteiger partial charge in [-0.1, -0.05) is 32.9 Å². The average Bonchev–Trinajstić information content (AvgIpc) is 2.35. The van der Waals surface area contributed by atoms with Crippen LogP contribution in [0.4, 0.5) is 0 Å². The fraction of sp³-hybridized carbons (Fsp3) is 0.533. The molecule has 0 aliphatic heterocycles. The van der Waals surface area contributed by atoms with E-state index in [1.165, 1.54) is 5.56 Å². The van der Waals surface area contributed by atoms with E-state index in [-0.39, 0.29) is 5.41 Å². The van der Waals surface area contributed by atoms with Gasteiger partial charge in [-0.05, 0) is 37.1 Å². The number of likely N-dealkylation sites (N-methyl/N-ethyl adjacent to an activating group) is 1. The van der Waals surface area contributed by atoms with Crippen LogP contribution in [0.15, 0.2) is 29.2 Å². The first-order chi connectivity index (χ1) is 8.69. The lowest BCUT2D eigenvalue weighted by Crippen LogP contribution is -2.49. The Morgan fingerprint density at radius 3 is 2.11 bits per heavy atom. The van der Waals surface area contributed by atoms with Crippen LogP contribution in [-0.4, -0.2) is 29.4 Å². The van der Waals surface area contributed by atoms with Gasteiger partial charge in [0.05, 0.1) is 0 Å². The van der Waals surface area contributed by atoms with Crippen LogP contribution in [0.1, 0.15) is 33.3 Å². The van der Waals surface area contributed by atoms with Gasteiger partial charge in [-0.2, -0.15) is 0 Å². The van der Waals surface area contributed by atoms with E-state index in [9.17, 15) is 9.90 Å². The molecule has 2 N–H and O–H groups in total. The zero-order valence-corrected chi connectivity index (χ0v) is 13.1. The highest BCUT2D eigenvalue weighted by molar-refractivity contribution is 7.99. The molecule has 4 heteroatoms. The molecule has 0 heterocycles. The molecule has 0 radical (unpaired) electrons. The maximum absolute atomic E-state index is 11.2. The summed E-state index contributed by atoms with van der Waals surface area (Å²) in [7, 11) is 1.68. The molecule has 0 bridgehead atoms. The van der Waals surface area contributed by atoms with Gasteiger partial charge < -0.3 is 10.4 Å². The number of thioether (sulfide) groups is 1. The summed E-state index contributed by atoms with van der Waals surface area (Å²) in [5.74, 6) is -0.331. The minimum Gasteiger partial charge on any atom is -0.480 e. The summed E-state index contributed by atoms with van der Waals surface area (Å²) < 4.78 is 0. The zero-order chi connectivity index (χ0) is 14.7. The smallest absolute Gasteiger partial charge is 0.324 e. The quantitative estimate of drug-likeness (QED) is 0.814. The van der Waals surface area contributed by atoms with Crippen molar-refractivity contribution in [1.29, 1.82) is 0 Å². The van der Waals surface area contributed by atoms with Gasteiger partial charge in [0.25, 0.3) is 0 Å². The second-order valence-corrected chi connectivity index (χ2v) is 7.00. The molecule has 0 aliphatic carbocycles. The highest BCUT2D eigenvalue weighted by Crippen LogP contribution is 2.27. The number of aliphatic carboxylic acids is 1. The van der Waals surface area contributed by atoms with Crippen molar-refractivity contribution in [1.82, 2.24) is 5.32 Å². The lowest BCUT2D eigenvalue weighted by atomic mass is 9.87. The number of rotatable bonds is 5. The van der Waals surface area contributed by atoms with Crippen LogP contribution in [0.3, 0.4) is 0 Å². The standard InChI is InChI=1S/C15H23NO2S/c1-14(2,3)11-6-8-12(9-7-11)19-10-15(4,16-5)13(17)18/h6-9,16H,10H2,1-5H3,(H,17,18). The van der Waals surface area contributed by atoms with Crippen molar-refractivity contribution < 1.29 is 9.90 Å². The van der Waals surface area contributed by atoms with Crippen LogP contribution in [0, 0.1) is 0 Å². The Hall–Kier alpha value is -1.00. The van der Waals surface area contributed by atoms with Gasteiger partial charge >= 0.3 is 5.97 Å². The zero-order valence-electron chi connectivity index (χ0n) is 12.3. The lowest BCUT2D eigenvalue weighted by molar-refractivity contribution is -0.142. The first kappa shape index (κ1) is 16.1. The molecule has 3 nitrogen and oxygen atoms in total. The second-order valence-electron chi connectivity index (χ2n) is 5.95. The summed E-state index contributed by atoms with van der Waals surface area (Å²) >= 11 is 1.56. The molecule has 0 spiro atoms. The number of hydrogen-bond donors (Lipinski definition) is 2. The van der Waals surface area contributed by atoms with Crippen molar-refractivity contribution >= 4 is 17.7 Å². The summed E-state index contributed by atoms with van der Waals surface area (Å²) in [6, 6.07) is 8.34. The van der Waals surface area contributed by atoms with E-state index in [0.717, 1.165) is 4.90 Å². The molecule has 1 aromatic carbocycles. The number of carbonyl (C=O) groups is 1. The van der Waals surface area contributed by atoms with Crippen LogP contribution in [-0.2, 0) is 10.2 Å². The van der Waals surface area contributed by atoms with E-state index in [1.807, 2.05) is 0 Å². The number of hydrogen-bond acceptors (Lipinski definition) is 3. The molecule has 1 atom stereocenters. The predicted molar refractivity (Wildman–Crippen MR) is 81.0 cm³/mol. The van der Waals surface area contributed by atoms with Crippen LogP contribution in [0.25, 0.3) is 0 Å². The number of carboxylic acids is 1. The SMILES string of the molecule is CNC(C)(CSc1ccc(C(C)(C)C)cc1)C(=O)O. The van der Waals surface area contributed by atoms with Gasteiger partial charge in [0, 0.05) is 10.6 Å². The fourth-order valence-electron chi connectivity index (χ4n) is 1.52. The Labute approximate surface area is 119 Å². The Kier molecular flexibility index (Phi) is 5.04. The van der Waals surface area contributed by atoms with Crippen molar-refractivity contribution in [2.45, 2.75) is 43.5 Å². The third kappa shape index (κ3) is 4.25. The molecule has 1 rings (SSSR count). The normalized spacial score (nSPS) is 15.0. The van der Waals surface area contributed by atoms with E-state index in [1.54, 1.807) is 25.7 Å². The third-order valence-electron chi connectivity index (χ3n) is 3.27. The maximum atomic E-state index is 11.2. The van der Waals surface area contributed by atoms with E-state index in [4.69, 9.17) is 0 Å². The number of carboxylic acid groups (broad SMARTS) is 1. The minimum absolute atomic E-state index is 0.143. The van der Waals surface area contributed by atoms with E-state index in [2.05, 4.69) is 50.4 Å². The molecular formula is C15H23NO2S. The molecule has 0 saturated heterocycles. The van der Waals surface area contributed by atoms with Crippen molar-refractivity contribution in [3.05, 3.63) is 29.8 Å². The van der Waals surface area contributed by atoms with Crippen LogP contribution < -0.4 is 5.32 Å². The van der Waals surface area contributed by atoms with Gasteiger partial charge in [-0.25, -0.2) is 0 Å². The Morgan fingerprint density at radius 2 is 1.74 bits per heavy atom. The maximum Gasteiger partial charge on any atom is 0.324 e. The van der Waals surface area contributed by atoms with E-state index in [0.29, 0.717) is 5.75 Å². The molecule has 106 valence electrons. The second kappa shape index (κ2) is 5.97. The van der Waals surface area contributed by atoms with E-state index < -0.39 is 11.5 Å². The van der Waals surface area contributed by atoms with Gasteiger partial charge in [0.2, 0.25) is 0 Å². The Balaban J connectivity index is 2.72. The van der Waals surface area contributed by atoms with Gasteiger partial charge in [-0.3, -0.25) is 4.79 Å². The van der Waals surface area contributed by atoms with Gasteiger partial charge in [0.15, 0.2) is 0 Å². The Bertz CT molecular complexity index is 436. The average molecular weight is 281 g/mol. The molecule has 19 heavy (non-hydrogen) atoms. The number of nitrogens with one attached hydrogen (secondary N) is 1. The van der Waals surface area contributed by atoms with E-state index >= 15 is 0 Å². The van der Waals surface area contributed by atoms with Crippen molar-refractivity contribution in [3.8, 4) is 0 Å². The van der Waals surface area contributed by atoms with Crippen molar-refractivity contribution in [2.24, 2.45) is 0 Å². The monoisotopic (exact) mass is 281 g/mol. The first-order valence-electron chi connectivity index (χ1n) is 6.35. The first-order valence-corrected chi connectivity index (χ1v) is 7.33. The molecule has 0 aromatic heterocycles. The topological polar surface area (TPSA) is 49.3 Å². The third-order valence-corrected chi connectivity index (χ3v) is 4.60. The van der Waals surface area contributed by atoms with Crippen molar-refractivity contribution in [3.63, 3.8) is 0 Å². The molecule has 0 amide bonds. The van der Waals surface area contributed by atoms with Crippen LogP contribution >= 0.6 is 11.8 Å². The molecule has 1 unspecified atom stereocenters. The summed E-state index contributed by atoms with van der Waals surface area (Å²) in [5.41, 5.74) is 0.531. The molecule has 1 aromatic rings. The molecule has 0 saturated carbocycles. The van der Waals surface area contributed by atoms with Crippen LogP contribution in [0.2, 0.25) is 0 Å². The van der Waals surface area contributed by atoms with Crippen LogP contribution in [0.5, 0.6) is 0 Å². The molecule has 0 aliphatic rings. The largest absolute Gasteiger partial charge is 0.480 e. The fourth-order valence-corrected chi connectivity index (χ4v) is 2.57. The van der Waals surface area contributed by atoms with Gasteiger partial charge in [-0.15, -0.1) is 11.8 Å². The van der Waals surface area contributed by atoms with Crippen molar-refractivity contribution in [2.75, 3.05) is 12.8 Å². The minimum atomic E-state index is -0.895. The molecular weight excluding hydrogens is 258 g/mol. The lowest BCUT2D eigenvalue weighted by Gasteiger charge is -2.24. The van der Waals surface area contributed by atoms with Gasteiger partial charge in [0.1, 0.15) is 5.54 Å². The summed E-state index contributed by atoms with van der Waals surface area (Å²) in [6.45, 7) is 8.23.